The van der Waals surface area contributed by atoms with Gasteiger partial charge in [-0.3, -0.25) is 9.80 Å². The summed E-state index contributed by atoms with van der Waals surface area (Å²) in [5.74, 6) is -1.59. The van der Waals surface area contributed by atoms with Crippen LogP contribution in [-0.4, -0.2) is 40.5 Å². The normalized spacial score (nSPS) is 24.4. The number of hydrogen-bond donors (Lipinski definition) is 1. The summed E-state index contributed by atoms with van der Waals surface area (Å²) in [6.07, 6.45) is 1.05. The summed E-state index contributed by atoms with van der Waals surface area (Å²) >= 11 is 0. The van der Waals surface area contributed by atoms with Gasteiger partial charge in [0.25, 0.3) is 0 Å². The minimum atomic E-state index is -1.20. The number of fused-ring (bicyclic) bond motifs is 1. The summed E-state index contributed by atoms with van der Waals surface area (Å²) in [6.45, 7) is 1.72. The topological polar surface area (TPSA) is 82.3 Å². The molecule has 2 rings (SSSR count). The van der Waals surface area contributed by atoms with Gasteiger partial charge in [0.05, 0.1) is 5.71 Å². The number of amidine groups is 1. The molecule has 0 aromatic carbocycles. The van der Waals surface area contributed by atoms with Crippen molar-refractivity contribution in [2.24, 2.45) is 16.0 Å². The monoisotopic (exact) mass is 207 g/mol. The van der Waals surface area contributed by atoms with E-state index in [1.165, 1.54) is 5.01 Å². The minimum absolute atomic E-state index is 0.233. The highest BCUT2D eigenvalue weighted by Crippen LogP contribution is 2.23. The van der Waals surface area contributed by atoms with Crippen LogP contribution < -0.4 is 0 Å². The average molecular weight is 207 g/mol. The largest absolute Gasteiger partial charge is 0.477 e. The zero-order valence-corrected chi connectivity index (χ0v) is 8.26. The summed E-state index contributed by atoms with van der Waals surface area (Å²) in [6, 6.07) is 0. The van der Waals surface area contributed by atoms with Crippen molar-refractivity contribution in [1.29, 1.82) is 0 Å². The van der Waals surface area contributed by atoms with Crippen molar-refractivity contribution in [3.8, 4) is 0 Å². The molecule has 1 atom stereocenters. The van der Waals surface area contributed by atoms with Gasteiger partial charge in [0.15, 0.2) is 11.5 Å². The van der Waals surface area contributed by atoms with Gasteiger partial charge < -0.3 is 5.11 Å². The number of hydrogen-bond acceptors (Lipinski definition) is 5. The molecule has 0 aliphatic carbocycles. The Bertz CT molecular complexity index is 448. The van der Waals surface area contributed by atoms with E-state index < -0.39 is 11.9 Å². The van der Waals surface area contributed by atoms with Crippen LogP contribution in [0.25, 0.3) is 0 Å². The second-order valence-electron chi connectivity index (χ2n) is 3.41. The molecule has 0 saturated heterocycles. The highest BCUT2D eigenvalue weighted by Gasteiger charge is 2.37. The number of nitrogens with zero attached hydrogens (tertiary/aromatic N) is 3. The molecule has 6 heteroatoms. The summed E-state index contributed by atoms with van der Waals surface area (Å²) in [5, 5.41) is 14.2. The van der Waals surface area contributed by atoms with Crippen LogP contribution in [0.1, 0.15) is 6.92 Å². The van der Waals surface area contributed by atoms with Crippen LogP contribution in [0.3, 0.4) is 0 Å². The fourth-order valence-electron chi connectivity index (χ4n) is 1.67. The second kappa shape index (κ2) is 3.01. The lowest BCUT2D eigenvalue weighted by molar-refractivity contribution is -0.133. The van der Waals surface area contributed by atoms with Crippen molar-refractivity contribution in [1.82, 2.24) is 5.01 Å². The van der Waals surface area contributed by atoms with Gasteiger partial charge in [-0.1, -0.05) is 0 Å². The number of ketones is 1. The third kappa shape index (κ3) is 1.34. The first-order valence-electron chi connectivity index (χ1n) is 4.37. The molecule has 6 nitrogen and oxygen atoms in total. The molecule has 15 heavy (non-hydrogen) atoms. The van der Waals surface area contributed by atoms with Gasteiger partial charge in [0, 0.05) is 13.1 Å². The van der Waals surface area contributed by atoms with Crippen LogP contribution in [-0.2, 0) is 9.59 Å². The van der Waals surface area contributed by atoms with E-state index in [-0.39, 0.29) is 11.5 Å². The number of hydrazone groups is 1. The second-order valence-corrected chi connectivity index (χ2v) is 3.41. The Morgan fingerprint density at radius 3 is 2.87 bits per heavy atom. The van der Waals surface area contributed by atoms with Crippen LogP contribution in [0, 0.1) is 5.92 Å². The average Bonchev–Trinajstić information content (AvgIpc) is 2.42. The van der Waals surface area contributed by atoms with Gasteiger partial charge in [0.1, 0.15) is 11.8 Å². The van der Waals surface area contributed by atoms with Gasteiger partial charge in [-0.15, -0.1) is 0 Å². The zero-order chi connectivity index (χ0) is 11.2. The van der Waals surface area contributed by atoms with Crippen molar-refractivity contribution in [3.05, 3.63) is 11.8 Å². The third-order valence-electron chi connectivity index (χ3n) is 2.33. The van der Waals surface area contributed by atoms with Gasteiger partial charge in [0.2, 0.25) is 0 Å². The minimum Gasteiger partial charge on any atom is -0.477 e. The molecule has 0 spiro atoms. The van der Waals surface area contributed by atoms with Crippen LogP contribution >= 0.6 is 0 Å². The molecule has 2 aliphatic rings. The molecule has 2 aliphatic heterocycles. The Hall–Kier alpha value is -1.98. The summed E-state index contributed by atoms with van der Waals surface area (Å²) in [5.41, 5.74) is 0.407. The molecule has 2 heterocycles. The lowest BCUT2D eigenvalue weighted by Crippen LogP contribution is -2.33. The van der Waals surface area contributed by atoms with Crippen LogP contribution in [0.5, 0.6) is 0 Å². The predicted octanol–water partition coefficient (Wildman–Crippen LogP) is -0.126. The fraction of sp³-hybridized carbons (Fsp3) is 0.333. The maximum atomic E-state index is 11.6. The number of aliphatic carboxylic acids is 1. The Morgan fingerprint density at radius 2 is 2.27 bits per heavy atom. The van der Waals surface area contributed by atoms with Crippen molar-refractivity contribution in [2.45, 2.75) is 6.92 Å². The maximum absolute atomic E-state index is 11.6. The van der Waals surface area contributed by atoms with E-state index in [1.807, 2.05) is 0 Å². The van der Waals surface area contributed by atoms with E-state index in [4.69, 9.17) is 5.11 Å². The van der Waals surface area contributed by atoms with Gasteiger partial charge in [-0.05, 0) is 6.92 Å². The number of carbonyl (C=O) groups is 2. The van der Waals surface area contributed by atoms with Crippen LogP contribution in [0.4, 0.5) is 0 Å². The first-order chi connectivity index (χ1) is 7.00. The standard InChI is InChI=1S/C9H9N3O3/c1-4-7-6(13)3-5(9(14)15)10-8(7)12(2)11-4/h3,7H,1-2H3,(H,14,15). The van der Waals surface area contributed by atoms with E-state index in [0.717, 1.165) is 6.08 Å². The van der Waals surface area contributed by atoms with Gasteiger partial charge in [-0.2, -0.15) is 5.10 Å². The number of allylic oxidation sites excluding steroid dienone is 1. The first kappa shape index (κ1) is 9.57. The van der Waals surface area contributed by atoms with Crippen molar-refractivity contribution in [3.63, 3.8) is 0 Å². The molecule has 0 radical (unpaired) electrons. The van der Waals surface area contributed by atoms with E-state index in [9.17, 15) is 9.59 Å². The predicted molar refractivity (Wildman–Crippen MR) is 52.5 cm³/mol. The van der Waals surface area contributed by atoms with Gasteiger partial charge >= 0.3 is 5.97 Å². The molecule has 0 saturated carbocycles. The number of carbonyl (C=O) groups excluding carboxylic acids is 1. The van der Waals surface area contributed by atoms with E-state index >= 15 is 0 Å². The summed E-state index contributed by atoms with van der Waals surface area (Å²) in [4.78, 5) is 26.2. The van der Waals surface area contributed by atoms with Crippen LogP contribution in [0.2, 0.25) is 0 Å². The molecular weight excluding hydrogens is 198 g/mol. The van der Waals surface area contributed by atoms with E-state index in [2.05, 4.69) is 10.1 Å². The maximum Gasteiger partial charge on any atom is 0.354 e. The van der Waals surface area contributed by atoms with Gasteiger partial charge in [-0.25, -0.2) is 9.79 Å². The Labute approximate surface area is 85.6 Å². The zero-order valence-electron chi connectivity index (χ0n) is 8.26. The quantitative estimate of drug-likeness (QED) is 0.649. The molecule has 78 valence electrons. The molecular formula is C9H9N3O3. The lowest BCUT2D eigenvalue weighted by Gasteiger charge is -2.16. The van der Waals surface area contributed by atoms with Crippen LogP contribution in [0.15, 0.2) is 21.9 Å². The summed E-state index contributed by atoms with van der Waals surface area (Å²) in [7, 11) is 1.64. The molecule has 1 N–H and O–H groups in total. The van der Waals surface area contributed by atoms with Crippen molar-refractivity contribution >= 4 is 23.3 Å². The van der Waals surface area contributed by atoms with Crippen molar-refractivity contribution in [2.75, 3.05) is 7.05 Å². The Morgan fingerprint density at radius 1 is 1.60 bits per heavy atom. The third-order valence-corrected chi connectivity index (χ3v) is 2.33. The number of rotatable bonds is 1. The number of carboxylic acid groups (broad SMARTS) is 1. The SMILES string of the molecule is CC1=NN(C)C2=NC(C(=O)O)=CC(=O)C12. The number of aliphatic imine (C=N–C) groups is 1. The molecule has 0 aromatic heterocycles. The highest BCUT2D eigenvalue weighted by atomic mass is 16.4. The van der Waals surface area contributed by atoms with E-state index in [1.54, 1.807) is 14.0 Å². The Balaban J connectivity index is 2.46. The Kier molecular flexibility index (Phi) is 1.92. The first-order valence-corrected chi connectivity index (χ1v) is 4.37. The van der Waals surface area contributed by atoms with E-state index in [0.29, 0.717) is 11.5 Å². The fourth-order valence-corrected chi connectivity index (χ4v) is 1.67. The highest BCUT2D eigenvalue weighted by molar-refractivity contribution is 6.28. The summed E-state index contributed by atoms with van der Waals surface area (Å²) < 4.78 is 0. The number of carboxylic acids is 1. The molecule has 0 bridgehead atoms. The lowest BCUT2D eigenvalue weighted by atomic mass is 9.95. The van der Waals surface area contributed by atoms with Crippen molar-refractivity contribution < 1.29 is 14.7 Å². The molecule has 1 unspecified atom stereocenters. The molecule has 0 fully saturated rings. The molecule has 0 aromatic rings. The molecule has 0 amide bonds. The smallest absolute Gasteiger partial charge is 0.354 e.